The lowest BCUT2D eigenvalue weighted by molar-refractivity contribution is 0.0947. The van der Waals surface area contributed by atoms with Crippen LogP contribution in [0.4, 0.5) is 0 Å². The van der Waals surface area contributed by atoms with Gasteiger partial charge < -0.3 is 19.3 Å². The Morgan fingerprint density at radius 2 is 2.13 bits per heavy atom. The van der Waals surface area contributed by atoms with E-state index < -0.39 is 0 Å². The summed E-state index contributed by atoms with van der Waals surface area (Å²) in [5.41, 5.74) is 3.55. The number of nitrogens with zero attached hydrogens (tertiary/aromatic N) is 1. The second-order valence-corrected chi connectivity index (χ2v) is 8.55. The number of amides is 1. The molecule has 4 rings (SSSR count). The summed E-state index contributed by atoms with van der Waals surface area (Å²) < 4.78 is 16.8. The third-order valence-electron chi connectivity index (χ3n) is 5.00. The molecule has 0 aliphatic carbocycles. The molecule has 1 atom stereocenters. The van der Waals surface area contributed by atoms with E-state index in [9.17, 15) is 4.79 Å². The number of carbonyl (C=O) groups excluding carboxylic acids is 1. The Morgan fingerprint density at radius 1 is 1.29 bits per heavy atom. The van der Waals surface area contributed by atoms with Crippen molar-refractivity contribution in [3.05, 3.63) is 70.6 Å². The van der Waals surface area contributed by atoms with Crippen molar-refractivity contribution in [2.24, 2.45) is 0 Å². The summed E-state index contributed by atoms with van der Waals surface area (Å²) in [5.74, 6) is 2.95. The van der Waals surface area contributed by atoms with Gasteiger partial charge in [0.15, 0.2) is 0 Å². The Bertz CT molecular complexity index is 1080. The van der Waals surface area contributed by atoms with Crippen molar-refractivity contribution in [2.45, 2.75) is 50.5 Å². The highest BCUT2D eigenvalue weighted by Crippen LogP contribution is 2.35. The first kappa shape index (κ1) is 21.3. The fraction of sp³-hybridized carbons (Fsp3) is 0.333. The van der Waals surface area contributed by atoms with Crippen molar-refractivity contribution < 1.29 is 18.8 Å². The van der Waals surface area contributed by atoms with E-state index in [0.717, 1.165) is 45.4 Å². The average molecular weight is 439 g/mol. The van der Waals surface area contributed by atoms with E-state index in [0.29, 0.717) is 24.5 Å². The van der Waals surface area contributed by atoms with Crippen molar-refractivity contribution in [3.63, 3.8) is 0 Å². The Balaban J connectivity index is 1.46. The van der Waals surface area contributed by atoms with Gasteiger partial charge in [0.05, 0.1) is 17.9 Å². The number of aromatic nitrogens is 1. The van der Waals surface area contributed by atoms with E-state index in [-0.39, 0.29) is 12.0 Å². The Morgan fingerprint density at radius 3 is 2.90 bits per heavy atom. The maximum atomic E-state index is 13.0. The first-order valence-electron chi connectivity index (χ1n) is 10.4. The summed E-state index contributed by atoms with van der Waals surface area (Å²) in [6.45, 7) is 6.80. The van der Waals surface area contributed by atoms with Gasteiger partial charge in [-0.3, -0.25) is 4.79 Å². The molecule has 0 spiro atoms. The fourth-order valence-electron chi connectivity index (χ4n) is 3.60. The van der Waals surface area contributed by atoms with Crippen molar-refractivity contribution in [1.82, 2.24) is 10.5 Å². The normalized spacial score (nSPS) is 14.7. The van der Waals surface area contributed by atoms with Gasteiger partial charge >= 0.3 is 0 Å². The van der Waals surface area contributed by atoms with Gasteiger partial charge in [-0.2, -0.15) is 0 Å². The molecule has 6 nitrogen and oxygen atoms in total. The molecular formula is C24H26N2O4S. The first-order chi connectivity index (χ1) is 15.0. The number of rotatable bonds is 8. The van der Waals surface area contributed by atoms with Crippen LogP contribution in [-0.4, -0.2) is 23.8 Å². The number of ether oxygens (including phenoxy) is 2. The summed E-state index contributed by atoms with van der Waals surface area (Å²) in [6.07, 6.45) is 1.03. The highest BCUT2D eigenvalue weighted by molar-refractivity contribution is 7.98. The minimum Gasteiger partial charge on any atom is -0.494 e. The average Bonchev–Trinajstić information content (AvgIpc) is 3.34. The summed E-state index contributed by atoms with van der Waals surface area (Å²) in [7, 11) is 0. The molecule has 7 heteroatoms. The molecule has 1 aliphatic rings. The van der Waals surface area contributed by atoms with Gasteiger partial charge in [0, 0.05) is 40.8 Å². The minimum absolute atomic E-state index is 0.128. The summed E-state index contributed by atoms with van der Waals surface area (Å²) in [4.78, 5) is 13.9. The quantitative estimate of drug-likeness (QED) is 0.503. The smallest absolute Gasteiger partial charge is 0.252 e. The molecule has 31 heavy (non-hydrogen) atoms. The lowest BCUT2D eigenvalue weighted by atomic mass is 10.1. The van der Waals surface area contributed by atoms with Gasteiger partial charge in [-0.25, -0.2) is 0 Å². The Hall–Kier alpha value is -2.93. The van der Waals surface area contributed by atoms with Gasteiger partial charge in [-0.05, 0) is 45.0 Å². The zero-order chi connectivity index (χ0) is 21.8. The SMILES string of the molecule is CCOc1cc2c(cc1CNC(=O)c1ccccc1SCc1cc(C)on1)O[C@@H](C)C2. The summed E-state index contributed by atoms with van der Waals surface area (Å²) >= 11 is 1.56. The molecular weight excluding hydrogens is 412 g/mol. The number of carbonyl (C=O) groups is 1. The van der Waals surface area contributed by atoms with Crippen LogP contribution in [-0.2, 0) is 18.7 Å². The van der Waals surface area contributed by atoms with Crippen LogP contribution in [0.5, 0.6) is 11.5 Å². The van der Waals surface area contributed by atoms with Crippen LogP contribution in [0.1, 0.15) is 46.8 Å². The lowest BCUT2D eigenvalue weighted by Gasteiger charge is -2.14. The molecule has 0 saturated heterocycles. The third-order valence-corrected chi connectivity index (χ3v) is 6.11. The van der Waals surface area contributed by atoms with Gasteiger partial charge in [0.1, 0.15) is 23.4 Å². The highest BCUT2D eigenvalue weighted by Gasteiger charge is 2.22. The predicted molar refractivity (Wildman–Crippen MR) is 120 cm³/mol. The minimum atomic E-state index is -0.128. The molecule has 162 valence electrons. The maximum Gasteiger partial charge on any atom is 0.252 e. The molecule has 1 aromatic heterocycles. The van der Waals surface area contributed by atoms with E-state index in [1.165, 1.54) is 0 Å². The van der Waals surface area contributed by atoms with Crippen molar-refractivity contribution >= 4 is 17.7 Å². The van der Waals surface area contributed by atoms with Crippen molar-refractivity contribution in [1.29, 1.82) is 0 Å². The van der Waals surface area contributed by atoms with Crippen molar-refractivity contribution in [3.8, 4) is 11.5 Å². The van der Waals surface area contributed by atoms with Crippen LogP contribution >= 0.6 is 11.8 Å². The van der Waals surface area contributed by atoms with E-state index in [4.69, 9.17) is 14.0 Å². The fourth-order valence-corrected chi connectivity index (χ4v) is 4.53. The number of thioether (sulfide) groups is 1. The summed E-state index contributed by atoms with van der Waals surface area (Å²) in [6, 6.07) is 13.5. The number of hydrogen-bond acceptors (Lipinski definition) is 6. The highest BCUT2D eigenvalue weighted by atomic mass is 32.2. The maximum absolute atomic E-state index is 13.0. The molecule has 1 N–H and O–H groups in total. The van der Waals surface area contributed by atoms with Crippen molar-refractivity contribution in [2.75, 3.05) is 6.61 Å². The zero-order valence-corrected chi connectivity index (χ0v) is 18.8. The first-order valence-corrected chi connectivity index (χ1v) is 11.4. The molecule has 3 aromatic rings. The van der Waals surface area contributed by atoms with Crippen LogP contribution in [0, 0.1) is 6.92 Å². The topological polar surface area (TPSA) is 73.6 Å². The second-order valence-electron chi connectivity index (χ2n) is 7.53. The molecule has 1 aliphatic heterocycles. The van der Waals surface area contributed by atoms with Gasteiger partial charge in [-0.1, -0.05) is 17.3 Å². The number of nitrogens with one attached hydrogen (secondary N) is 1. The van der Waals surface area contributed by atoms with E-state index in [2.05, 4.69) is 17.4 Å². The zero-order valence-electron chi connectivity index (χ0n) is 17.9. The van der Waals surface area contributed by atoms with Gasteiger partial charge in [-0.15, -0.1) is 11.8 Å². The predicted octanol–water partition coefficient (Wildman–Crippen LogP) is 4.93. The van der Waals surface area contributed by atoms with Gasteiger partial charge in [0.2, 0.25) is 0 Å². The summed E-state index contributed by atoms with van der Waals surface area (Å²) in [5, 5.41) is 7.06. The Kier molecular flexibility index (Phi) is 6.51. The largest absolute Gasteiger partial charge is 0.494 e. The van der Waals surface area contributed by atoms with Gasteiger partial charge in [0.25, 0.3) is 5.91 Å². The third kappa shape index (κ3) is 5.05. The number of fused-ring (bicyclic) bond motifs is 1. The molecule has 0 unspecified atom stereocenters. The molecule has 0 fully saturated rings. The van der Waals surface area contributed by atoms with Crippen LogP contribution in [0.3, 0.4) is 0 Å². The number of aryl methyl sites for hydroxylation is 1. The van der Waals surface area contributed by atoms with Crippen LogP contribution in [0.25, 0.3) is 0 Å². The van der Waals surface area contributed by atoms with E-state index in [1.807, 2.05) is 56.3 Å². The number of hydrogen-bond donors (Lipinski definition) is 1. The second kappa shape index (κ2) is 9.47. The van der Waals surface area contributed by atoms with E-state index in [1.54, 1.807) is 11.8 Å². The van der Waals surface area contributed by atoms with Crippen LogP contribution in [0.15, 0.2) is 51.9 Å². The Labute approximate surface area is 186 Å². The number of benzene rings is 2. The van der Waals surface area contributed by atoms with Crippen LogP contribution in [0.2, 0.25) is 0 Å². The molecule has 2 heterocycles. The molecule has 0 saturated carbocycles. The molecule has 0 bridgehead atoms. The lowest BCUT2D eigenvalue weighted by Crippen LogP contribution is -2.23. The van der Waals surface area contributed by atoms with E-state index >= 15 is 0 Å². The monoisotopic (exact) mass is 438 g/mol. The standard InChI is InChI=1S/C24H26N2O4S/c1-4-28-21-11-17-9-15(2)29-22(17)12-18(21)13-25-24(27)20-7-5-6-8-23(20)31-14-19-10-16(3)30-26-19/h5-8,10-12,15H,4,9,13-14H2,1-3H3,(H,25,27)/t15-/m0/s1. The molecule has 2 aromatic carbocycles. The molecule has 1 amide bonds. The molecule has 0 radical (unpaired) electrons. The van der Waals surface area contributed by atoms with Crippen LogP contribution < -0.4 is 14.8 Å².